The van der Waals surface area contributed by atoms with Gasteiger partial charge in [-0.1, -0.05) is 252 Å². The van der Waals surface area contributed by atoms with Crippen LogP contribution in [0.4, 0.5) is 0 Å². The van der Waals surface area contributed by atoms with E-state index in [-0.39, 0.29) is 19.3 Å². The van der Waals surface area contributed by atoms with E-state index in [2.05, 4.69) is 27.7 Å². The summed E-state index contributed by atoms with van der Waals surface area (Å²) in [5.74, 6) is -2.71. The standard InChI is InChI=1S/3C16H32O2.C4H9.Sn/c3*1-2-3-4-5-6-7-8-9-10-11-12-13-14-15-16(17)18;1-3-4-2;/h3*2-15H2,1H3,(H,17,18);1,3-4H2,2H3;/q;;;;+3/p-3. The van der Waals surface area contributed by atoms with Gasteiger partial charge in [0.15, 0.2) is 0 Å². The minimum absolute atomic E-state index is 0.234. The van der Waals surface area contributed by atoms with Crippen LogP contribution in [0.25, 0.3) is 0 Å². The van der Waals surface area contributed by atoms with Crippen molar-refractivity contribution in [1.29, 1.82) is 0 Å². The Labute approximate surface area is 382 Å². The van der Waals surface area contributed by atoms with Gasteiger partial charge >= 0.3 is 46.7 Å². The molecule has 0 unspecified atom stereocenters. The van der Waals surface area contributed by atoms with Crippen molar-refractivity contribution in [2.75, 3.05) is 0 Å². The number of carbonyl (C=O) groups excluding carboxylic acids is 3. The SMILES string of the molecule is CCCCCCCCCCCCCCCC(=O)[O-].CCCCCCCCCCCCCCCC(=O)[O-].CCCCCCCCCCCCCCCC(=O)[O-].CCC[CH2][Sn+3]. The van der Waals surface area contributed by atoms with Gasteiger partial charge in [-0.2, -0.15) is 0 Å². The molecule has 0 bridgehead atoms. The molecule has 0 saturated heterocycles. The van der Waals surface area contributed by atoms with Crippen molar-refractivity contribution < 1.29 is 29.7 Å². The molecule has 0 N–H and O–H groups in total. The number of carboxylic acids is 3. The summed E-state index contributed by atoms with van der Waals surface area (Å²) in [6.45, 7) is 9.00. The van der Waals surface area contributed by atoms with Gasteiger partial charge in [-0.3, -0.25) is 0 Å². The molecule has 0 heterocycles. The summed E-state index contributed by atoms with van der Waals surface area (Å²) in [7, 11) is 0. The molecule has 0 amide bonds. The maximum absolute atomic E-state index is 10.2. The number of hydrogen-bond acceptors (Lipinski definition) is 6. The van der Waals surface area contributed by atoms with Crippen LogP contribution in [0.15, 0.2) is 0 Å². The van der Waals surface area contributed by atoms with Gasteiger partial charge in [-0.25, -0.2) is 0 Å². The molecule has 0 spiro atoms. The molecule has 0 saturated carbocycles. The molecule has 0 fully saturated rings. The molecular formula is C52H102O6Sn. The molecule has 350 valence electrons. The van der Waals surface area contributed by atoms with Gasteiger partial charge < -0.3 is 29.7 Å². The summed E-state index contributed by atoms with van der Waals surface area (Å²) in [6.07, 6.45) is 53.6. The van der Waals surface area contributed by atoms with Gasteiger partial charge in [0.25, 0.3) is 0 Å². The second-order valence-corrected chi connectivity index (χ2v) is 18.6. The van der Waals surface area contributed by atoms with Crippen molar-refractivity contribution in [2.45, 2.75) is 315 Å². The van der Waals surface area contributed by atoms with Crippen molar-refractivity contribution in [3.05, 3.63) is 0 Å². The number of rotatable bonds is 44. The van der Waals surface area contributed by atoms with Gasteiger partial charge in [0.2, 0.25) is 0 Å². The van der Waals surface area contributed by atoms with Crippen LogP contribution in [-0.2, 0) is 14.4 Å². The van der Waals surface area contributed by atoms with Gasteiger partial charge in [0.05, 0.1) is 0 Å². The Morgan fingerprint density at radius 1 is 0.254 bits per heavy atom. The minimum atomic E-state index is -0.905. The number of unbranched alkanes of at least 4 members (excludes halogenated alkanes) is 37. The molecule has 0 rings (SSSR count). The molecule has 59 heavy (non-hydrogen) atoms. The third kappa shape index (κ3) is 81.7. The number of carboxylic acid groups (broad SMARTS) is 3. The van der Waals surface area contributed by atoms with E-state index in [0.717, 1.165) is 38.5 Å². The Kier molecular flexibility index (Phi) is 70.1. The molecule has 0 aromatic rings. The molecule has 0 atom stereocenters. The molecule has 6 nitrogen and oxygen atoms in total. The summed E-state index contributed by atoms with van der Waals surface area (Å²) >= 11 is 1.68. The summed E-state index contributed by atoms with van der Waals surface area (Å²) in [6, 6.07) is 0. The fourth-order valence-corrected chi connectivity index (χ4v) is 8.05. The Bertz CT molecular complexity index is 679. The molecule has 0 aliphatic rings. The van der Waals surface area contributed by atoms with E-state index in [1.165, 1.54) is 229 Å². The van der Waals surface area contributed by atoms with Gasteiger partial charge in [-0.15, -0.1) is 0 Å². The fourth-order valence-electron chi connectivity index (χ4n) is 7.04. The third-order valence-electron chi connectivity index (χ3n) is 11.0. The quantitative estimate of drug-likeness (QED) is 0.0443. The Morgan fingerprint density at radius 3 is 0.492 bits per heavy atom. The molecule has 0 aliphatic carbocycles. The van der Waals surface area contributed by atoms with Crippen LogP contribution >= 0.6 is 0 Å². The van der Waals surface area contributed by atoms with Crippen molar-refractivity contribution in [2.24, 2.45) is 0 Å². The summed E-state index contributed by atoms with van der Waals surface area (Å²) in [5.41, 5.74) is 0. The predicted molar refractivity (Wildman–Crippen MR) is 251 cm³/mol. The van der Waals surface area contributed by atoms with E-state index in [4.69, 9.17) is 0 Å². The molecule has 0 aromatic heterocycles. The average Bonchev–Trinajstić information content (AvgIpc) is 3.21. The molecular weight excluding hydrogens is 839 g/mol. The van der Waals surface area contributed by atoms with E-state index in [9.17, 15) is 29.7 Å². The zero-order valence-corrected chi connectivity index (χ0v) is 43.1. The van der Waals surface area contributed by atoms with Gasteiger partial charge in [0, 0.05) is 17.9 Å². The molecule has 0 aromatic carbocycles. The second-order valence-electron chi connectivity index (χ2n) is 17.2. The first-order chi connectivity index (χ1) is 28.7. The predicted octanol–water partition coefficient (Wildman–Crippen LogP) is 14.0. The van der Waals surface area contributed by atoms with E-state index in [1.54, 1.807) is 22.5 Å². The van der Waals surface area contributed by atoms with Crippen LogP contribution in [0, 0.1) is 0 Å². The van der Waals surface area contributed by atoms with Crippen LogP contribution in [0.2, 0.25) is 4.44 Å². The first-order valence-corrected chi connectivity index (χ1v) is 28.0. The van der Waals surface area contributed by atoms with E-state index in [0.29, 0.717) is 0 Å². The van der Waals surface area contributed by atoms with Crippen molar-refractivity contribution in [3.63, 3.8) is 0 Å². The van der Waals surface area contributed by atoms with E-state index < -0.39 is 17.9 Å². The van der Waals surface area contributed by atoms with Crippen LogP contribution in [0.5, 0.6) is 0 Å². The Balaban J connectivity index is -0.000000362. The Hall–Kier alpha value is -0.791. The van der Waals surface area contributed by atoms with Crippen LogP contribution < -0.4 is 15.3 Å². The summed E-state index contributed by atoms with van der Waals surface area (Å²) < 4.78 is 1.43. The molecule has 0 radical (unpaired) electrons. The summed E-state index contributed by atoms with van der Waals surface area (Å²) in [5, 5.41) is 30.6. The third-order valence-corrected chi connectivity index (χ3v) is 12.0. The zero-order valence-electron chi connectivity index (χ0n) is 40.3. The number of carbonyl (C=O) groups is 3. The number of aliphatic carboxylic acids is 3. The van der Waals surface area contributed by atoms with E-state index >= 15 is 0 Å². The topological polar surface area (TPSA) is 120 Å². The fraction of sp³-hybridized carbons (Fsp3) is 0.942. The first kappa shape index (κ1) is 64.8. The maximum atomic E-state index is 10.2. The normalized spacial score (nSPS) is 10.5. The second kappa shape index (κ2) is 63.8. The van der Waals surface area contributed by atoms with Crippen molar-refractivity contribution in [1.82, 2.24) is 0 Å². The molecule has 0 aliphatic heterocycles. The summed E-state index contributed by atoms with van der Waals surface area (Å²) in [4.78, 5) is 30.6. The van der Waals surface area contributed by atoms with Crippen LogP contribution in [-0.4, -0.2) is 40.4 Å². The monoisotopic (exact) mass is 943 g/mol. The van der Waals surface area contributed by atoms with Crippen LogP contribution in [0.1, 0.15) is 310 Å². The zero-order chi connectivity index (χ0) is 44.6. The Morgan fingerprint density at radius 2 is 0.390 bits per heavy atom. The van der Waals surface area contributed by atoms with Crippen molar-refractivity contribution in [3.8, 4) is 0 Å². The number of hydrogen-bond donors (Lipinski definition) is 0. The average molecular weight is 942 g/mol. The van der Waals surface area contributed by atoms with Gasteiger partial charge in [-0.05, 0) is 38.5 Å². The van der Waals surface area contributed by atoms with Crippen molar-refractivity contribution >= 4 is 40.4 Å². The molecule has 7 heteroatoms. The van der Waals surface area contributed by atoms with Crippen LogP contribution in [0.3, 0.4) is 0 Å². The first-order valence-electron chi connectivity index (χ1n) is 26.0. The van der Waals surface area contributed by atoms with E-state index in [1.807, 2.05) is 0 Å². The van der Waals surface area contributed by atoms with Gasteiger partial charge in [0.1, 0.15) is 0 Å².